The Labute approximate surface area is 191 Å². The first-order valence-corrected chi connectivity index (χ1v) is 12.2. The predicted molar refractivity (Wildman–Crippen MR) is 120 cm³/mol. The number of sulfonamides is 1. The van der Waals surface area contributed by atoms with E-state index in [4.69, 9.17) is 20.9 Å². The topological polar surface area (TPSA) is 88.8 Å². The molecule has 10 heteroatoms. The van der Waals surface area contributed by atoms with E-state index in [0.717, 1.165) is 18.4 Å². The molecule has 2 heterocycles. The predicted octanol–water partition coefficient (Wildman–Crippen LogP) is 3.32. The molecule has 1 saturated heterocycles. The van der Waals surface area contributed by atoms with Crippen molar-refractivity contribution < 1.29 is 17.7 Å². The molecule has 0 amide bonds. The van der Waals surface area contributed by atoms with Gasteiger partial charge >= 0.3 is 6.01 Å². The maximum Gasteiger partial charge on any atom is 0.324 e. The molecule has 0 bridgehead atoms. The van der Waals surface area contributed by atoms with Gasteiger partial charge in [0.05, 0.1) is 17.4 Å². The second kappa shape index (κ2) is 8.06. The Bertz CT molecular complexity index is 1220. The first-order chi connectivity index (χ1) is 15.4. The Morgan fingerprint density at radius 1 is 1.06 bits per heavy atom. The SMILES string of the molecule is COc1ccc(S(=O)(=O)N2CCN(c3nc(C4(c5cccc(Cl)c5)CC4)no3)CC2)cc1. The fourth-order valence-electron chi connectivity index (χ4n) is 4.11. The van der Waals surface area contributed by atoms with Gasteiger partial charge in [0.25, 0.3) is 0 Å². The van der Waals surface area contributed by atoms with Crippen LogP contribution in [0.1, 0.15) is 24.2 Å². The van der Waals surface area contributed by atoms with E-state index >= 15 is 0 Å². The maximum absolute atomic E-state index is 13.0. The molecule has 32 heavy (non-hydrogen) atoms. The third-order valence-corrected chi connectivity index (χ3v) is 8.32. The lowest BCUT2D eigenvalue weighted by Gasteiger charge is -2.32. The third-order valence-electron chi connectivity index (χ3n) is 6.18. The summed E-state index contributed by atoms with van der Waals surface area (Å²) in [6.07, 6.45) is 1.89. The van der Waals surface area contributed by atoms with Gasteiger partial charge in [0, 0.05) is 31.2 Å². The summed E-state index contributed by atoms with van der Waals surface area (Å²) in [6, 6.07) is 14.6. The molecular formula is C22H23ClN4O4S. The van der Waals surface area contributed by atoms with E-state index in [1.807, 2.05) is 29.2 Å². The summed E-state index contributed by atoms with van der Waals surface area (Å²) >= 11 is 6.17. The molecule has 0 radical (unpaired) electrons. The van der Waals surface area contributed by atoms with Crippen molar-refractivity contribution in [3.63, 3.8) is 0 Å². The minimum absolute atomic E-state index is 0.244. The largest absolute Gasteiger partial charge is 0.497 e. The number of hydrogen-bond donors (Lipinski definition) is 0. The molecule has 2 aromatic carbocycles. The zero-order valence-electron chi connectivity index (χ0n) is 17.6. The van der Waals surface area contributed by atoms with Crippen LogP contribution in [0.15, 0.2) is 57.9 Å². The summed E-state index contributed by atoms with van der Waals surface area (Å²) in [4.78, 5) is 6.85. The van der Waals surface area contributed by atoms with E-state index < -0.39 is 10.0 Å². The number of rotatable bonds is 6. The van der Waals surface area contributed by atoms with Crippen LogP contribution < -0.4 is 9.64 Å². The van der Waals surface area contributed by atoms with Crippen molar-refractivity contribution in [3.05, 3.63) is 64.9 Å². The highest BCUT2D eigenvalue weighted by Gasteiger charge is 2.50. The molecule has 0 atom stereocenters. The number of ether oxygens (including phenoxy) is 1. The molecule has 0 unspecified atom stereocenters. The highest BCUT2D eigenvalue weighted by atomic mass is 35.5. The van der Waals surface area contributed by atoms with Gasteiger partial charge in [-0.15, -0.1) is 0 Å². The molecule has 1 aliphatic heterocycles. The van der Waals surface area contributed by atoms with Gasteiger partial charge in [0.2, 0.25) is 10.0 Å². The van der Waals surface area contributed by atoms with Crippen LogP contribution in [0.5, 0.6) is 5.75 Å². The second-order valence-electron chi connectivity index (χ2n) is 8.06. The van der Waals surface area contributed by atoms with Crippen molar-refractivity contribution in [2.24, 2.45) is 0 Å². The molecule has 3 aromatic rings. The Morgan fingerprint density at radius 2 is 1.78 bits per heavy atom. The smallest absolute Gasteiger partial charge is 0.324 e. The summed E-state index contributed by atoms with van der Waals surface area (Å²) in [5.74, 6) is 1.27. The molecular weight excluding hydrogens is 452 g/mol. The number of methoxy groups -OCH3 is 1. The van der Waals surface area contributed by atoms with Crippen molar-refractivity contribution in [2.45, 2.75) is 23.2 Å². The number of halogens is 1. The highest BCUT2D eigenvalue weighted by Crippen LogP contribution is 2.52. The Morgan fingerprint density at radius 3 is 2.41 bits per heavy atom. The van der Waals surface area contributed by atoms with Crippen LogP contribution in [0.3, 0.4) is 0 Å². The number of hydrogen-bond acceptors (Lipinski definition) is 7. The second-order valence-corrected chi connectivity index (χ2v) is 10.4. The van der Waals surface area contributed by atoms with Crippen LogP contribution in [-0.2, 0) is 15.4 Å². The maximum atomic E-state index is 13.0. The average Bonchev–Trinajstić information content (AvgIpc) is 3.48. The lowest BCUT2D eigenvalue weighted by Crippen LogP contribution is -2.48. The zero-order valence-corrected chi connectivity index (χ0v) is 19.1. The zero-order chi connectivity index (χ0) is 22.3. The Kier molecular flexibility index (Phi) is 5.35. The van der Waals surface area contributed by atoms with Crippen LogP contribution in [0.4, 0.5) is 6.01 Å². The minimum atomic E-state index is -3.57. The van der Waals surface area contributed by atoms with Gasteiger partial charge in [-0.25, -0.2) is 8.42 Å². The highest BCUT2D eigenvalue weighted by molar-refractivity contribution is 7.89. The van der Waals surface area contributed by atoms with Crippen LogP contribution in [0, 0.1) is 0 Å². The molecule has 1 aliphatic carbocycles. The van der Waals surface area contributed by atoms with Gasteiger partial charge in [-0.1, -0.05) is 28.9 Å². The molecule has 2 aliphatic rings. The Hall–Kier alpha value is -2.62. The minimum Gasteiger partial charge on any atom is -0.497 e. The molecule has 0 N–H and O–H groups in total. The van der Waals surface area contributed by atoms with Crippen LogP contribution in [-0.4, -0.2) is 56.2 Å². The van der Waals surface area contributed by atoms with Crippen molar-refractivity contribution >= 4 is 27.6 Å². The standard InChI is InChI=1S/C22H23ClN4O4S/c1-30-18-5-7-19(8-6-18)32(28,29)27-13-11-26(12-14-27)21-24-20(25-31-21)22(9-10-22)16-3-2-4-17(23)15-16/h2-8,15H,9-14H2,1H3. The van der Waals surface area contributed by atoms with Gasteiger partial charge < -0.3 is 14.2 Å². The number of benzene rings is 2. The van der Waals surface area contributed by atoms with Gasteiger partial charge in [0.15, 0.2) is 5.82 Å². The molecule has 8 nitrogen and oxygen atoms in total. The van der Waals surface area contributed by atoms with Gasteiger partial charge in [-0.05, 0) is 54.8 Å². The van der Waals surface area contributed by atoms with Crippen LogP contribution in [0.25, 0.3) is 0 Å². The molecule has 168 valence electrons. The van der Waals surface area contributed by atoms with Crippen LogP contribution in [0.2, 0.25) is 5.02 Å². The third kappa shape index (κ3) is 3.74. The molecule has 0 spiro atoms. The van der Waals surface area contributed by atoms with Gasteiger partial charge in [0.1, 0.15) is 5.75 Å². The normalized spacial score (nSPS) is 18.5. The quantitative estimate of drug-likeness (QED) is 0.541. The number of aromatic nitrogens is 2. The van der Waals surface area contributed by atoms with Crippen molar-refractivity contribution in [3.8, 4) is 5.75 Å². The van der Waals surface area contributed by atoms with Crippen molar-refractivity contribution in [1.82, 2.24) is 14.4 Å². The van der Waals surface area contributed by atoms with Gasteiger partial charge in [-0.2, -0.15) is 9.29 Å². The number of piperazine rings is 1. The van der Waals surface area contributed by atoms with Crippen molar-refractivity contribution in [1.29, 1.82) is 0 Å². The number of anilines is 1. The van der Waals surface area contributed by atoms with E-state index in [1.54, 1.807) is 31.4 Å². The molecule has 1 saturated carbocycles. The molecule has 2 fully saturated rings. The summed E-state index contributed by atoms with van der Waals surface area (Å²) < 4.78 is 38.1. The van der Waals surface area contributed by atoms with E-state index in [1.165, 1.54) is 4.31 Å². The molecule has 5 rings (SSSR count). The van der Waals surface area contributed by atoms with Gasteiger partial charge in [-0.3, -0.25) is 0 Å². The summed E-state index contributed by atoms with van der Waals surface area (Å²) in [7, 11) is -2.02. The van der Waals surface area contributed by atoms with E-state index in [-0.39, 0.29) is 10.3 Å². The number of nitrogens with zero attached hydrogens (tertiary/aromatic N) is 4. The lowest BCUT2D eigenvalue weighted by molar-refractivity contribution is 0.352. The van der Waals surface area contributed by atoms with E-state index in [0.29, 0.717) is 48.8 Å². The first-order valence-electron chi connectivity index (χ1n) is 10.4. The van der Waals surface area contributed by atoms with Crippen LogP contribution >= 0.6 is 11.6 Å². The van der Waals surface area contributed by atoms with E-state index in [9.17, 15) is 8.42 Å². The summed E-state index contributed by atoms with van der Waals surface area (Å²) in [5, 5.41) is 4.94. The average molecular weight is 475 g/mol. The Balaban J connectivity index is 1.28. The van der Waals surface area contributed by atoms with E-state index in [2.05, 4.69) is 10.1 Å². The fourth-order valence-corrected chi connectivity index (χ4v) is 5.72. The first kappa shape index (κ1) is 21.2. The summed E-state index contributed by atoms with van der Waals surface area (Å²) in [6.45, 7) is 1.62. The fraction of sp³-hybridized carbons (Fsp3) is 0.364. The lowest BCUT2D eigenvalue weighted by atomic mass is 9.95. The summed E-state index contributed by atoms with van der Waals surface area (Å²) in [5.41, 5.74) is 0.847. The monoisotopic (exact) mass is 474 g/mol. The van der Waals surface area contributed by atoms with Crippen molar-refractivity contribution in [2.75, 3.05) is 38.2 Å². The molecule has 1 aromatic heterocycles.